The van der Waals surface area contributed by atoms with Crippen LogP contribution in [0.2, 0.25) is 5.02 Å². The first-order valence-electron chi connectivity index (χ1n) is 8.28. The normalized spacial score (nSPS) is 15.1. The molecule has 0 saturated heterocycles. The smallest absolute Gasteiger partial charge is 0.417 e. The molecule has 1 amide bonds. The molecule has 0 radical (unpaired) electrons. The maximum atomic E-state index is 12.9. The summed E-state index contributed by atoms with van der Waals surface area (Å²) in [5.41, 5.74) is -0.637. The zero-order valence-electron chi connectivity index (χ0n) is 13.8. The van der Waals surface area contributed by atoms with Gasteiger partial charge in [-0.2, -0.15) is 13.2 Å². The maximum absolute atomic E-state index is 12.9. The van der Waals surface area contributed by atoms with E-state index in [2.05, 4.69) is 5.32 Å². The van der Waals surface area contributed by atoms with Crippen molar-refractivity contribution in [3.8, 4) is 5.75 Å². The molecule has 2 aromatic carbocycles. The van der Waals surface area contributed by atoms with Crippen molar-refractivity contribution in [2.24, 2.45) is 0 Å². The van der Waals surface area contributed by atoms with Gasteiger partial charge in [-0.3, -0.25) is 4.79 Å². The number of anilines is 1. The molecule has 7 heteroatoms. The Kier molecular flexibility index (Phi) is 5.41. The molecule has 3 rings (SSSR count). The Balaban J connectivity index is 1.68. The highest BCUT2D eigenvalue weighted by atomic mass is 35.5. The molecule has 26 heavy (non-hydrogen) atoms. The van der Waals surface area contributed by atoms with Gasteiger partial charge in [-0.25, -0.2) is 0 Å². The van der Waals surface area contributed by atoms with Crippen LogP contribution in [-0.2, 0) is 6.18 Å². The molecule has 2 aromatic rings. The second kappa shape index (κ2) is 7.58. The highest BCUT2D eigenvalue weighted by Crippen LogP contribution is 2.36. The molecule has 0 bridgehead atoms. The summed E-state index contributed by atoms with van der Waals surface area (Å²) in [7, 11) is 0. The molecular formula is C19H17ClF3NO2. The molecule has 0 atom stereocenters. The molecule has 0 unspecified atom stereocenters. The summed E-state index contributed by atoms with van der Waals surface area (Å²) in [5.74, 6) is 0.173. The summed E-state index contributed by atoms with van der Waals surface area (Å²) < 4.78 is 44.5. The van der Waals surface area contributed by atoms with Gasteiger partial charge in [0.05, 0.1) is 16.7 Å². The van der Waals surface area contributed by atoms with E-state index in [1.807, 2.05) is 0 Å². The molecule has 1 saturated carbocycles. The predicted octanol–water partition coefficient (Wildman–Crippen LogP) is 5.93. The van der Waals surface area contributed by atoms with Crippen molar-refractivity contribution in [2.75, 3.05) is 5.32 Å². The summed E-state index contributed by atoms with van der Waals surface area (Å²) in [5, 5.41) is 2.04. The Morgan fingerprint density at radius 3 is 2.35 bits per heavy atom. The largest absolute Gasteiger partial charge is 0.490 e. The Labute approximate surface area is 154 Å². The Morgan fingerprint density at radius 2 is 1.73 bits per heavy atom. The Hall–Kier alpha value is -2.21. The Morgan fingerprint density at radius 1 is 1.08 bits per heavy atom. The van der Waals surface area contributed by atoms with Gasteiger partial charge in [0.1, 0.15) is 5.75 Å². The van der Waals surface area contributed by atoms with Crippen LogP contribution < -0.4 is 10.1 Å². The fraction of sp³-hybridized carbons (Fsp3) is 0.316. The molecule has 1 aliphatic rings. The number of carbonyl (C=O) groups is 1. The van der Waals surface area contributed by atoms with Crippen LogP contribution in [-0.4, -0.2) is 12.0 Å². The molecule has 1 fully saturated rings. The van der Waals surface area contributed by atoms with Gasteiger partial charge >= 0.3 is 6.18 Å². The number of amides is 1. The van der Waals surface area contributed by atoms with Crippen molar-refractivity contribution in [1.29, 1.82) is 0 Å². The summed E-state index contributed by atoms with van der Waals surface area (Å²) in [6, 6.07) is 9.80. The van der Waals surface area contributed by atoms with E-state index in [-0.39, 0.29) is 11.8 Å². The van der Waals surface area contributed by atoms with Crippen LogP contribution in [0.3, 0.4) is 0 Å². The number of alkyl halides is 3. The van der Waals surface area contributed by atoms with Gasteiger partial charge in [-0.05, 0) is 68.1 Å². The second-order valence-electron chi connectivity index (χ2n) is 6.20. The minimum Gasteiger partial charge on any atom is -0.490 e. The number of ether oxygens (including phenoxy) is 1. The van der Waals surface area contributed by atoms with Gasteiger partial charge in [0, 0.05) is 11.3 Å². The molecule has 138 valence electrons. The van der Waals surface area contributed by atoms with Crippen LogP contribution in [0.1, 0.15) is 41.6 Å². The van der Waals surface area contributed by atoms with Crippen LogP contribution in [0.25, 0.3) is 0 Å². The monoisotopic (exact) mass is 383 g/mol. The number of carbonyl (C=O) groups excluding carboxylic acids is 1. The van der Waals surface area contributed by atoms with E-state index in [4.69, 9.17) is 16.3 Å². The third-order valence-corrected chi connectivity index (χ3v) is 4.58. The Bertz CT molecular complexity index is 784. The van der Waals surface area contributed by atoms with Gasteiger partial charge in [0.25, 0.3) is 5.91 Å². The topological polar surface area (TPSA) is 38.3 Å². The zero-order chi connectivity index (χ0) is 18.7. The van der Waals surface area contributed by atoms with Gasteiger partial charge < -0.3 is 10.1 Å². The lowest BCUT2D eigenvalue weighted by Gasteiger charge is -2.14. The van der Waals surface area contributed by atoms with Crippen molar-refractivity contribution >= 4 is 23.2 Å². The van der Waals surface area contributed by atoms with Crippen molar-refractivity contribution in [3.63, 3.8) is 0 Å². The number of nitrogens with one attached hydrogen (secondary N) is 1. The standard InChI is InChI=1S/C19H17ClF3NO2/c20-17-10-7-13(11-16(17)19(21,22)23)24-18(25)12-5-8-15(9-6-12)26-14-3-1-2-4-14/h5-11,14H,1-4H2,(H,24,25). The van der Waals surface area contributed by atoms with Crippen LogP contribution in [0.5, 0.6) is 5.75 Å². The fourth-order valence-corrected chi connectivity index (χ4v) is 3.13. The number of hydrogen-bond donors (Lipinski definition) is 1. The molecular weight excluding hydrogens is 367 g/mol. The molecule has 1 aliphatic carbocycles. The van der Waals surface area contributed by atoms with Crippen LogP contribution in [0, 0.1) is 0 Å². The van der Waals surface area contributed by atoms with Gasteiger partial charge in [0.2, 0.25) is 0 Å². The van der Waals surface area contributed by atoms with Crippen molar-refractivity contribution in [1.82, 2.24) is 0 Å². The van der Waals surface area contributed by atoms with E-state index in [1.165, 1.54) is 6.07 Å². The number of halogens is 4. The number of benzene rings is 2. The lowest BCUT2D eigenvalue weighted by molar-refractivity contribution is -0.137. The fourth-order valence-electron chi connectivity index (χ4n) is 2.91. The van der Waals surface area contributed by atoms with Gasteiger partial charge in [-0.1, -0.05) is 11.6 Å². The van der Waals surface area contributed by atoms with E-state index in [0.29, 0.717) is 11.3 Å². The van der Waals surface area contributed by atoms with E-state index in [0.717, 1.165) is 37.8 Å². The summed E-state index contributed by atoms with van der Waals surface area (Å²) in [4.78, 5) is 12.2. The first-order chi connectivity index (χ1) is 12.3. The van der Waals surface area contributed by atoms with E-state index in [9.17, 15) is 18.0 Å². The van der Waals surface area contributed by atoms with E-state index in [1.54, 1.807) is 24.3 Å². The van der Waals surface area contributed by atoms with Gasteiger partial charge in [0.15, 0.2) is 0 Å². The third-order valence-electron chi connectivity index (χ3n) is 4.25. The SMILES string of the molecule is O=C(Nc1ccc(Cl)c(C(F)(F)F)c1)c1ccc(OC2CCCC2)cc1. The second-order valence-corrected chi connectivity index (χ2v) is 6.60. The van der Waals surface area contributed by atoms with E-state index >= 15 is 0 Å². The molecule has 3 nitrogen and oxygen atoms in total. The van der Waals surface area contributed by atoms with Crippen LogP contribution in [0.15, 0.2) is 42.5 Å². The lowest BCUT2D eigenvalue weighted by atomic mass is 10.1. The average Bonchev–Trinajstić information content (AvgIpc) is 3.09. The number of rotatable bonds is 4. The summed E-state index contributed by atoms with van der Waals surface area (Å²) in [6.45, 7) is 0. The van der Waals surface area contributed by atoms with E-state index < -0.39 is 22.7 Å². The molecule has 0 spiro atoms. The number of hydrogen-bond acceptors (Lipinski definition) is 2. The highest BCUT2D eigenvalue weighted by Gasteiger charge is 2.33. The highest BCUT2D eigenvalue weighted by molar-refractivity contribution is 6.31. The third kappa shape index (κ3) is 4.49. The zero-order valence-corrected chi connectivity index (χ0v) is 14.5. The molecule has 0 aliphatic heterocycles. The minimum absolute atomic E-state index is 0.0259. The molecule has 1 N–H and O–H groups in total. The quantitative estimate of drug-likeness (QED) is 0.710. The van der Waals surface area contributed by atoms with Crippen molar-refractivity contribution in [3.05, 3.63) is 58.6 Å². The lowest BCUT2D eigenvalue weighted by Crippen LogP contribution is -2.14. The van der Waals surface area contributed by atoms with Crippen molar-refractivity contribution < 1.29 is 22.7 Å². The van der Waals surface area contributed by atoms with Crippen LogP contribution >= 0.6 is 11.6 Å². The summed E-state index contributed by atoms with van der Waals surface area (Å²) >= 11 is 5.57. The van der Waals surface area contributed by atoms with Gasteiger partial charge in [-0.15, -0.1) is 0 Å². The maximum Gasteiger partial charge on any atom is 0.417 e. The van der Waals surface area contributed by atoms with Crippen molar-refractivity contribution in [2.45, 2.75) is 38.0 Å². The average molecular weight is 384 g/mol. The first kappa shape index (κ1) is 18.6. The van der Waals surface area contributed by atoms with Crippen LogP contribution in [0.4, 0.5) is 18.9 Å². The predicted molar refractivity (Wildman–Crippen MR) is 93.7 cm³/mol. The summed E-state index contributed by atoms with van der Waals surface area (Å²) in [6.07, 6.45) is 0.000286. The first-order valence-corrected chi connectivity index (χ1v) is 8.65. The molecule has 0 heterocycles. The molecule has 0 aromatic heterocycles. The minimum atomic E-state index is -4.59.